The predicted molar refractivity (Wildman–Crippen MR) is 67.4 cm³/mol. The number of hydrogen-bond donors (Lipinski definition) is 2. The Labute approximate surface area is 105 Å². The highest BCUT2D eigenvalue weighted by molar-refractivity contribution is 6.31. The number of aromatic nitrogens is 2. The molecule has 4 nitrogen and oxygen atoms in total. The molecule has 0 saturated heterocycles. The first-order chi connectivity index (χ1) is 8.22. The molecule has 1 heterocycles. The molecule has 0 fully saturated rings. The average molecular weight is 249 g/mol. The van der Waals surface area contributed by atoms with E-state index in [9.17, 15) is 0 Å². The summed E-state index contributed by atoms with van der Waals surface area (Å²) in [7, 11) is 0. The fourth-order valence-corrected chi connectivity index (χ4v) is 1.83. The summed E-state index contributed by atoms with van der Waals surface area (Å²) in [6.45, 7) is 1.96. The van der Waals surface area contributed by atoms with Crippen molar-refractivity contribution < 1.29 is 0 Å². The molecular weight excluding hydrogens is 236 g/mol. The van der Waals surface area contributed by atoms with Crippen molar-refractivity contribution in [2.45, 2.75) is 13.0 Å². The lowest BCUT2D eigenvalue weighted by Gasteiger charge is -2.16. The van der Waals surface area contributed by atoms with Gasteiger partial charge >= 0.3 is 0 Å². The van der Waals surface area contributed by atoms with Gasteiger partial charge in [0.2, 0.25) is 0 Å². The zero-order valence-corrected chi connectivity index (χ0v) is 10.1. The van der Waals surface area contributed by atoms with Crippen LogP contribution in [0.15, 0.2) is 36.7 Å². The molecule has 2 aromatic rings. The molecule has 1 unspecified atom stereocenters. The van der Waals surface area contributed by atoms with Crippen molar-refractivity contribution >= 4 is 11.6 Å². The first kappa shape index (κ1) is 12.0. The van der Waals surface area contributed by atoms with E-state index in [-0.39, 0.29) is 6.04 Å². The monoisotopic (exact) mass is 248 g/mol. The third kappa shape index (κ3) is 2.61. The summed E-state index contributed by atoms with van der Waals surface area (Å²) in [6.07, 6.45) is 3.31. The molecule has 3 N–H and O–H groups in total. The Bertz CT molecular complexity index is 501. The van der Waals surface area contributed by atoms with Gasteiger partial charge in [0.15, 0.2) is 0 Å². The van der Waals surface area contributed by atoms with Crippen LogP contribution in [-0.4, -0.2) is 10.2 Å². The molecule has 1 atom stereocenters. The molecule has 0 saturated carbocycles. The highest BCUT2D eigenvalue weighted by atomic mass is 35.5. The third-order valence-electron chi connectivity index (χ3n) is 2.64. The molecule has 0 spiro atoms. The van der Waals surface area contributed by atoms with Crippen LogP contribution in [0.2, 0.25) is 5.02 Å². The van der Waals surface area contributed by atoms with Crippen molar-refractivity contribution in [1.29, 1.82) is 0 Å². The molecule has 0 aliphatic carbocycles. The molecule has 0 aliphatic rings. The minimum absolute atomic E-state index is 0.136. The zero-order valence-electron chi connectivity index (χ0n) is 9.39. The van der Waals surface area contributed by atoms with E-state index in [4.69, 9.17) is 17.4 Å². The number of benzene rings is 1. The van der Waals surface area contributed by atoms with Crippen LogP contribution in [0.3, 0.4) is 0 Å². The van der Waals surface area contributed by atoms with Crippen molar-refractivity contribution in [1.82, 2.24) is 15.6 Å². The summed E-state index contributed by atoms with van der Waals surface area (Å²) in [4.78, 5) is 0. The molecule has 1 aromatic carbocycles. The second-order valence-electron chi connectivity index (χ2n) is 3.78. The van der Waals surface area contributed by atoms with E-state index < -0.39 is 0 Å². The molecule has 5 heteroatoms. The van der Waals surface area contributed by atoms with Gasteiger partial charge in [0, 0.05) is 11.2 Å². The normalized spacial score (nSPS) is 12.4. The summed E-state index contributed by atoms with van der Waals surface area (Å²) in [5, 5.41) is 8.31. The number of nitrogens with one attached hydrogen (secondary N) is 1. The first-order valence-corrected chi connectivity index (χ1v) is 5.59. The van der Waals surface area contributed by atoms with Gasteiger partial charge in [-0.3, -0.25) is 5.84 Å². The van der Waals surface area contributed by atoms with Crippen LogP contribution in [0.5, 0.6) is 0 Å². The quantitative estimate of drug-likeness (QED) is 0.644. The highest BCUT2D eigenvalue weighted by Gasteiger charge is 2.13. The van der Waals surface area contributed by atoms with E-state index in [2.05, 4.69) is 15.6 Å². The number of nitrogens with two attached hydrogens (primary N) is 1. The number of hydrogen-bond acceptors (Lipinski definition) is 4. The topological polar surface area (TPSA) is 63.8 Å². The number of halogens is 1. The molecule has 0 aliphatic heterocycles. The SMILES string of the molecule is Cc1ccc(C(NN)c2ccnnc2)cc1Cl. The van der Waals surface area contributed by atoms with Gasteiger partial charge in [-0.1, -0.05) is 23.7 Å². The molecule has 1 aromatic heterocycles. The molecule has 0 amide bonds. The maximum absolute atomic E-state index is 6.11. The van der Waals surface area contributed by atoms with Gasteiger partial charge < -0.3 is 0 Å². The number of rotatable bonds is 3. The van der Waals surface area contributed by atoms with E-state index in [1.165, 1.54) is 0 Å². The second-order valence-corrected chi connectivity index (χ2v) is 4.19. The van der Waals surface area contributed by atoms with E-state index in [0.29, 0.717) is 0 Å². The maximum Gasteiger partial charge on any atom is 0.0726 e. The Morgan fingerprint density at radius 1 is 1.24 bits per heavy atom. The van der Waals surface area contributed by atoms with Crippen LogP contribution < -0.4 is 11.3 Å². The van der Waals surface area contributed by atoms with Crippen LogP contribution in [0.25, 0.3) is 0 Å². The van der Waals surface area contributed by atoms with Gasteiger partial charge in [-0.15, -0.1) is 0 Å². The molecule has 2 rings (SSSR count). The van der Waals surface area contributed by atoms with Gasteiger partial charge in [0.1, 0.15) is 0 Å². The molecule has 88 valence electrons. The summed E-state index contributed by atoms with van der Waals surface area (Å²) < 4.78 is 0. The van der Waals surface area contributed by atoms with Crippen molar-refractivity contribution in [2.24, 2.45) is 5.84 Å². The second kappa shape index (κ2) is 5.23. The van der Waals surface area contributed by atoms with Gasteiger partial charge in [0.25, 0.3) is 0 Å². The summed E-state index contributed by atoms with van der Waals surface area (Å²) in [5.74, 6) is 5.58. The Balaban J connectivity index is 2.39. The molecule has 17 heavy (non-hydrogen) atoms. The number of aryl methyl sites for hydroxylation is 1. The van der Waals surface area contributed by atoms with Gasteiger partial charge in [-0.05, 0) is 35.7 Å². The molecule has 0 radical (unpaired) electrons. The number of hydrazine groups is 1. The summed E-state index contributed by atoms with van der Waals surface area (Å²) in [5.41, 5.74) is 5.74. The maximum atomic E-state index is 6.11. The lowest BCUT2D eigenvalue weighted by atomic mass is 10.0. The fraction of sp³-hybridized carbons (Fsp3) is 0.167. The van der Waals surface area contributed by atoms with E-state index in [1.54, 1.807) is 12.4 Å². The molecule has 0 bridgehead atoms. The highest BCUT2D eigenvalue weighted by Crippen LogP contribution is 2.24. The summed E-state index contributed by atoms with van der Waals surface area (Å²) >= 11 is 6.11. The van der Waals surface area contributed by atoms with Gasteiger partial charge in [0.05, 0.1) is 12.2 Å². The fourth-order valence-electron chi connectivity index (χ4n) is 1.65. The van der Waals surface area contributed by atoms with Crippen LogP contribution >= 0.6 is 11.6 Å². The third-order valence-corrected chi connectivity index (χ3v) is 3.04. The predicted octanol–water partition coefficient (Wildman–Crippen LogP) is 1.99. The molecular formula is C12H13ClN4. The van der Waals surface area contributed by atoms with Crippen LogP contribution in [0.4, 0.5) is 0 Å². The van der Waals surface area contributed by atoms with E-state index in [1.807, 2.05) is 31.2 Å². The van der Waals surface area contributed by atoms with Gasteiger partial charge in [-0.2, -0.15) is 10.2 Å². The van der Waals surface area contributed by atoms with Crippen LogP contribution in [0, 0.1) is 6.92 Å². The lowest BCUT2D eigenvalue weighted by Crippen LogP contribution is -2.29. The van der Waals surface area contributed by atoms with Crippen LogP contribution in [-0.2, 0) is 0 Å². The first-order valence-electron chi connectivity index (χ1n) is 5.21. The van der Waals surface area contributed by atoms with Crippen molar-refractivity contribution in [3.63, 3.8) is 0 Å². The Morgan fingerprint density at radius 2 is 2.06 bits per heavy atom. The smallest absolute Gasteiger partial charge is 0.0726 e. The standard InChI is InChI=1S/C12H13ClN4/c1-8-2-3-9(6-11(8)13)12(17-14)10-4-5-15-16-7-10/h2-7,12,17H,14H2,1H3. The van der Waals surface area contributed by atoms with Crippen LogP contribution in [0.1, 0.15) is 22.7 Å². The van der Waals surface area contributed by atoms with E-state index >= 15 is 0 Å². The summed E-state index contributed by atoms with van der Waals surface area (Å²) in [6, 6.07) is 7.60. The minimum Gasteiger partial charge on any atom is -0.271 e. The van der Waals surface area contributed by atoms with Crippen molar-refractivity contribution in [3.05, 3.63) is 58.4 Å². The Morgan fingerprint density at radius 3 is 2.65 bits per heavy atom. The Kier molecular flexibility index (Phi) is 3.68. The van der Waals surface area contributed by atoms with Crippen molar-refractivity contribution in [2.75, 3.05) is 0 Å². The van der Waals surface area contributed by atoms with E-state index in [0.717, 1.165) is 21.7 Å². The minimum atomic E-state index is -0.136. The largest absolute Gasteiger partial charge is 0.271 e. The van der Waals surface area contributed by atoms with Crippen molar-refractivity contribution in [3.8, 4) is 0 Å². The zero-order chi connectivity index (χ0) is 12.3. The number of nitrogens with zero attached hydrogens (tertiary/aromatic N) is 2. The lowest BCUT2D eigenvalue weighted by molar-refractivity contribution is 0.632. The Hall–Kier alpha value is -1.49. The average Bonchev–Trinajstić information content (AvgIpc) is 2.36. The van der Waals surface area contributed by atoms with Gasteiger partial charge in [-0.25, -0.2) is 5.43 Å².